The van der Waals surface area contributed by atoms with Gasteiger partial charge in [0.2, 0.25) is 5.95 Å². The number of amides is 1. The van der Waals surface area contributed by atoms with Gasteiger partial charge >= 0.3 is 0 Å². The monoisotopic (exact) mass is 612 g/mol. The van der Waals surface area contributed by atoms with E-state index in [1.807, 2.05) is 6.07 Å². The van der Waals surface area contributed by atoms with Crippen LogP contribution in [0.25, 0.3) is 5.69 Å². The molecule has 0 fully saturated rings. The van der Waals surface area contributed by atoms with Gasteiger partial charge in [-0.2, -0.15) is 0 Å². The number of aromatic nitrogens is 2. The number of fused-ring (bicyclic) bond motifs is 1. The Morgan fingerprint density at radius 3 is 2.46 bits per heavy atom. The van der Waals surface area contributed by atoms with Crippen LogP contribution in [-0.4, -0.2) is 48.7 Å². The predicted molar refractivity (Wildman–Crippen MR) is 158 cm³/mol. The molecule has 0 spiro atoms. The highest BCUT2D eigenvalue weighted by Crippen LogP contribution is 2.28. The molecule has 0 unspecified atom stereocenters. The molecule has 0 radical (unpaired) electrons. The number of nitrogens with zero attached hydrogens (tertiary/aromatic N) is 3. The molecule has 0 aliphatic carbocycles. The van der Waals surface area contributed by atoms with E-state index in [1.54, 1.807) is 47.4 Å². The molecule has 1 aliphatic rings. The molecule has 0 saturated heterocycles. The van der Waals surface area contributed by atoms with Crippen molar-refractivity contribution in [1.29, 1.82) is 0 Å². The summed E-state index contributed by atoms with van der Waals surface area (Å²) in [5.41, 5.74) is 2.41. The minimum absolute atomic E-state index is 0.133. The van der Waals surface area contributed by atoms with E-state index in [0.29, 0.717) is 46.2 Å². The lowest BCUT2D eigenvalue weighted by Crippen LogP contribution is -2.41. The summed E-state index contributed by atoms with van der Waals surface area (Å²) in [7, 11) is -1.80. The first-order valence-corrected chi connectivity index (χ1v) is 15.3. The van der Waals surface area contributed by atoms with E-state index < -0.39 is 9.84 Å². The van der Waals surface area contributed by atoms with Gasteiger partial charge in [-0.3, -0.25) is 9.59 Å². The van der Waals surface area contributed by atoms with Crippen molar-refractivity contribution in [3.05, 3.63) is 110 Å². The molecule has 4 aromatic rings. The Morgan fingerprint density at radius 1 is 1.05 bits per heavy atom. The summed E-state index contributed by atoms with van der Waals surface area (Å²) in [6.45, 7) is 0.721. The maximum absolute atomic E-state index is 13.9. The normalized spacial score (nSPS) is 13.0. The highest BCUT2D eigenvalue weighted by molar-refractivity contribution is 7.90. The molecule has 1 N–H and O–H groups in total. The summed E-state index contributed by atoms with van der Waals surface area (Å²) in [4.78, 5) is 33.8. The van der Waals surface area contributed by atoms with Crippen LogP contribution in [-0.2, 0) is 29.3 Å². The molecule has 0 atom stereocenters. The molecule has 41 heavy (non-hydrogen) atoms. The number of sulfone groups is 1. The Bertz CT molecular complexity index is 1810. The maximum atomic E-state index is 13.9. The second-order valence-electron chi connectivity index (χ2n) is 9.55. The van der Waals surface area contributed by atoms with Gasteiger partial charge in [0.1, 0.15) is 5.75 Å². The van der Waals surface area contributed by atoms with Crippen molar-refractivity contribution in [2.24, 2.45) is 0 Å². The van der Waals surface area contributed by atoms with Crippen LogP contribution in [0.4, 0.5) is 5.95 Å². The Hall–Kier alpha value is -3.86. The number of ether oxygens (including phenoxy) is 1. The third-order valence-electron chi connectivity index (χ3n) is 6.82. The molecule has 1 aromatic heterocycles. The Balaban J connectivity index is 1.52. The van der Waals surface area contributed by atoms with Crippen molar-refractivity contribution >= 4 is 44.9 Å². The molecule has 0 saturated carbocycles. The van der Waals surface area contributed by atoms with E-state index >= 15 is 0 Å². The zero-order valence-electron chi connectivity index (χ0n) is 22.2. The Morgan fingerprint density at radius 2 is 1.78 bits per heavy atom. The molecule has 12 heteroatoms. The van der Waals surface area contributed by atoms with Crippen LogP contribution in [0, 0.1) is 0 Å². The minimum atomic E-state index is -3.33. The number of halogens is 2. The van der Waals surface area contributed by atoms with E-state index in [0.717, 1.165) is 11.8 Å². The average Bonchev–Trinajstić information content (AvgIpc) is 2.96. The number of rotatable bonds is 7. The SMILES string of the molecule is COc1ccccc1-n1c(NCc2ccc(S(C)(=O)=O)cc2)nc2c(c1=O)CCN(C(=O)c1ccc(Cl)c(Cl)c1)C2. The fourth-order valence-electron chi connectivity index (χ4n) is 4.67. The maximum Gasteiger partial charge on any atom is 0.263 e. The van der Waals surface area contributed by atoms with Crippen LogP contribution in [0.5, 0.6) is 5.75 Å². The van der Waals surface area contributed by atoms with Gasteiger partial charge in [-0.25, -0.2) is 18.0 Å². The summed E-state index contributed by atoms with van der Waals surface area (Å²) < 4.78 is 30.7. The summed E-state index contributed by atoms with van der Waals surface area (Å²) >= 11 is 12.1. The zero-order chi connectivity index (χ0) is 29.3. The molecular formula is C29H26Cl2N4O5S. The molecule has 0 bridgehead atoms. The fraction of sp³-hybridized carbons (Fsp3) is 0.207. The first-order chi connectivity index (χ1) is 19.6. The van der Waals surface area contributed by atoms with Gasteiger partial charge in [0.15, 0.2) is 9.84 Å². The van der Waals surface area contributed by atoms with Crippen molar-refractivity contribution in [3.8, 4) is 11.4 Å². The lowest BCUT2D eigenvalue weighted by molar-refractivity contribution is 0.0731. The van der Waals surface area contributed by atoms with Gasteiger partial charge in [0.25, 0.3) is 11.5 Å². The smallest absolute Gasteiger partial charge is 0.263 e. The number of hydrogen-bond acceptors (Lipinski definition) is 7. The van der Waals surface area contributed by atoms with Crippen molar-refractivity contribution in [2.75, 3.05) is 25.2 Å². The molecule has 9 nitrogen and oxygen atoms in total. The molecule has 1 amide bonds. The van der Waals surface area contributed by atoms with Crippen LogP contribution >= 0.6 is 23.2 Å². The molecule has 5 rings (SSSR count). The molecular weight excluding hydrogens is 587 g/mol. The van der Waals surface area contributed by atoms with Gasteiger partial charge in [-0.05, 0) is 54.4 Å². The van der Waals surface area contributed by atoms with E-state index in [4.69, 9.17) is 32.9 Å². The number of para-hydroxylation sites is 2. The van der Waals surface area contributed by atoms with E-state index in [2.05, 4.69) is 5.32 Å². The van der Waals surface area contributed by atoms with Crippen molar-refractivity contribution in [3.63, 3.8) is 0 Å². The quantitative estimate of drug-likeness (QED) is 0.320. The van der Waals surface area contributed by atoms with Crippen LogP contribution in [0.1, 0.15) is 27.2 Å². The predicted octanol–water partition coefficient (Wildman–Crippen LogP) is 4.76. The standard InChI is InChI=1S/C29H26Cl2N4O5S/c1-40-26-6-4-3-5-25(26)35-28(37)21-13-14-34(27(36)19-9-12-22(30)23(31)15-19)17-24(21)33-29(35)32-16-18-7-10-20(11-8-18)41(2,38)39/h3-12,15H,13-14,16-17H2,1-2H3,(H,32,33). The van der Waals surface area contributed by atoms with Gasteiger partial charge < -0.3 is 15.0 Å². The Labute approximate surface area is 247 Å². The lowest BCUT2D eigenvalue weighted by atomic mass is 10.0. The van der Waals surface area contributed by atoms with Gasteiger partial charge in [0.05, 0.1) is 40.0 Å². The van der Waals surface area contributed by atoms with Crippen LogP contribution in [0.3, 0.4) is 0 Å². The number of carbonyl (C=O) groups is 1. The second-order valence-corrected chi connectivity index (χ2v) is 12.4. The second kappa shape index (κ2) is 11.6. The Kier molecular flexibility index (Phi) is 8.08. The van der Waals surface area contributed by atoms with Crippen molar-refractivity contribution in [1.82, 2.24) is 14.5 Å². The third-order valence-corrected chi connectivity index (χ3v) is 8.68. The average molecular weight is 614 g/mol. The third kappa shape index (κ3) is 5.95. The number of methoxy groups -OCH3 is 1. The topological polar surface area (TPSA) is 111 Å². The number of nitrogens with one attached hydrogen (secondary N) is 1. The first-order valence-electron chi connectivity index (χ1n) is 12.6. The van der Waals surface area contributed by atoms with Crippen molar-refractivity contribution < 1.29 is 17.9 Å². The summed E-state index contributed by atoms with van der Waals surface area (Å²) in [6.07, 6.45) is 1.47. The van der Waals surface area contributed by atoms with Crippen LogP contribution < -0.4 is 15.6 Å². The molecule has 212 valence electrons. The van der Waals surface area contributed by atoms with Gasteiger partial charge in [-0.1, -0.05) is 47.5 Å². The van der Waals surface area contributed by atoms with Crippen LogP contribution in [0.2, 0.25) is 10.0 Å². The highest BCUT2D eigenvalue weighted by atomic mass is 35.5. The molecule has 1 aliphatic heterocycles. The molecule has 3 aromatic carbocycles. The zero-order valence-corrected chi connectivity index (χ0v) is 24.6. The summed E-state index contributed by atoms with van der Waals surface area (Å²) in [5.74, 6) is 0.504. The number of anilines is 1. The minimum Gasteiger partial charge on any atom is -0.495 e. The van der Waals surface area contributed by atoms with E-state index in [-0.39, 0.29) is 40.4 Å². The summed E-state index contributed by atoms with van der Waals surface area (Å²) in [6, 6.07) is 18.3. The van der Waals surface area contributed by atoms with Gasteiger partial charge in [-0.15, -0.1) is 0 Å². The number of carbonyl (C=O) groups excluding carboxylic acids is 1. The first kappa shape index (κ1) is 28.7. The summed E-state index contributed by atoms with van der Waals surface area (Å²) in [5, 5.41) is 3.86. The van der Waals surface area contributed by atoms with E-state index in [9.17, 15) is 18.0 Å². The van der Waals surface area contributed by atoms with Crippen molar-refractivity contribution in [2.45, 2.75) is 24.4 Å². The lowest BCUT2D eigenvalue weighted by Gasteiger charge is -2.29. The molecule has 2 heterocycles. The van der Waals surface area contributed by atoms with E-state index in [1.165, 1.54) is 29.9 Å². The van der Waals surface area contributed by atoms with Gasteiger partial charge in [0, 0.05) is 30.5 Å². The fourth-order valence-corrected chi connectivity index (χ4v) is 5.59. The number of benzene rings is 3. The van der Waals surface area contributed by atoms with Crippen LogP contribution in [0.15, 0.2) is 76.4 Å². The number of hydrogen-bond donors (Lipinski definition) is 1. The largest absolute Gasteiger partial charge is 0.495 e. The highest BCUT2D eigenvalue weighted by Gasteiger charge is 2.28.